The van der Waals surface area contributed by atoms with E-state index in [9.17, 15) is 15.0 Å². The molecule has 0 unspecified atom stereocenters. The Balaban J connectivity index is 1.87. The van der Waals surface area contributed by atoms with E-state index in [1.807, 2.05) is 29.2 Å². The molecule has 1 saturated heterocycles. The van der Waals surface area contributed by atoms with Crippen molar-refractivity contribution < 1.29 is 15.0 Å². The van der Waals surface area contributed by atoms with Crippen LogP contribution in [0.1, 0.15) is 52.7 Å². The number of piperazine rings is 1. The first-order valence-corrected chi connectivity index (χ1v) is 10.1. The molecule has 0 spiro atoms. The molecule has 5 heteroatoms. The molecule has 0 atom stereocenters. The molecule has 2 N–H and O–H groups in total. The topological polar surface area (TPSA) is 64.0 Å². The summed E-state index contributed by atoms with van der Waals surface area (Å²) in [5.41, 5.74) is 3.28. The van der Waals surface area contributed by atoms with Gasteiger partial charge < -0.3 is 20.0 Å². The second-order valence-corrected chi connectivity index (χ2v) is 9.87. The molecule has 0 aliphatic carbocycles. The quantitative estimate of drug-likeness (QED) is 0.782. The third-order valence-corrected chi connectivity index (χ3v) is 5.54. The second-order valence-electron chi connectivity index (χ2n) is 9.87. The molecule has 0 radical (unpaired) electrons. The van der Waals surface area contributed by atoms with Crippen LogP contribution in [-0.2, 0) is 15.6 Å². The minimum Gasteiger partial charge on any atom is -0.506 e. The summed E-state index contributed by atoms with van der Waals surface area (Å²) in [7, 11) is 0. The van der Waals surface area contributed by atoms with E-state index in [0.29, 0.717) is 24.5 Å². The molecule has 3 rings (SSSR count). The lowest BCUT2D eigenvalue weighted by Gasteiger charge is -2.37. The minimum atomic E-state index is -0.0989. The lowest BCUT2D eigenvalue weighted by molar-refractivity contribution is -0.117. The first kappa shape index (κ1) is 21.0. The smallest absolute Gasteiger partial charge is 0.246 e. The van der Waals surface area contributed by atoms with Crippen LogP contribution in [0.3, 0.4) is 0 Å². The third-order valence-electron chi connectivity index (χ3n) is 5.54. The lowest BCUT2D eigenvalue weighted by Crippen LogP contribution is -2.50. The van der Waals surface area contributed by atoms with Crippen LogP contribution in [0, 0.1) is 0 Å². The van der Waals surface area contributed by atoms with Crippen molar-refractivity contribution in [1.29, 1.82) is 0 Å². The number of carbonyl (C=O) groups is 1. The molecule has 1 amide bonds. The van der Waals surface area contributed by atoms with E-state index in [4.69, 9.17) is 0 Å². The van der Waals surface area contributed by atoms with Crippen LogP contribution >= 0.6 is 0 Å². The summed E-state index contributed by atoms with van der Waals surface area (Å²) >= 11 is 0. The molecule has 1 fully saturated rings. The maximum atomic E-state index is 13.0. The average Bonchev–Trinajstić information content (AvgIpc) is 2.61. The molecule has 1 aliphatic heterocycles. The number of phenols is 2. The van der Waals surface area contributed by atoms with Crippen molar-refractivity contribution in [2.24, 2.45) is 0 Å². The minimum absolute atomic E-state index is 0.0481. The summed E-state index contributed by atoms with van der Waals surface area (Å²) in [6, 6.07) is 11.1. The Labute approximate surface area is 173 Å². The monoisotopic (exact) mass is 396 g/mol. The Morgan fingerprint density at radius 3 is 1.72 bits per heavy atom. The Morgan fingerprint density at radius 2 is 1.24 bits per heavy atom. The zero-order valence-electron chi connectivity index (χ0n) is 18.3. The number of phenolic OH excluding ortho intramolecular Hbond substituents is 2. The number of anilines is 2. The maximum absolute atomic E-state index is 13.0. The fourth-order valence-corrected chi connectivity index (χ4v) is 3.58. The normalized spacial score (nSPS) is 15.7. The summed E-state index contributed by atoms with van der Waals surface area (Å²) in [6.45, 7) is 13.9. The summed E-state index contributed by atoms with van der Waals surface area (Å²) < 4.78 is 0. The molecular formula is C24H32N2O3. The SMILES string of the molecule is CC(C)(C)c1ccc(O)c(N2CCN(c3cc(C(C)(C)C)ccc3O)C(=O)C2)c1. The number of hydrogen-bond acceptors (Lipinski definition) is 4. The van der Waals surface area contributed by atoms with E-state index >= 15 is 0 Å². The van der Waals surface area contributed by atoms with Crippen molar-refractivity contribution in [3.05, 3.63) is 47.5 Å². The number of rotatable bonds is 2. The molecule has 1 heterocycles. The zero-order valence-corrected chi connectivity index (χ0v) is 18.3. The number of nitrogens with zero attached hydrogens (tertiary/aromatic N) is 2. The van der Waals surface area contributed by atoms with Crippen LogP contribution in [0.5, 0.6) is 11.5 Å². The number of benzene rings is 2. The van der Waals surface area contributed by atoms with Crippen LogP contribution < -0.4 is 9.80 Å². The van der Waals surface area contributed by atoms with Gasteiger partial charge in [0, 0.05) is 13.1 Å². The molecule has 0 saturated carbocycles. The predicted octanol–water partition coefficient (Wildman–Crippen LogP) is 4.55. The summed E-state index contributed by atoms with van der Waals surface area (Å²) in [5.74, 6) is 0.187. The first-order valence-electron chi connectivity index (χ1n) is 10.1. The molecule has 0 aromatic heterocycles. The summed E-state index contributed by atoms with van der Waals surface area (Å²) in [6.07, 6.45) is 0. The highest BCUT2D eigenvalue weighted by molar-refractivity contribution is 5.99. The molecule has 2 aromatic carbocycles. The summed E-state index contributed by atoms with van der Waals surface area (Å²) in [5, 5.41) is 20.8. The van der Waals surface area contributed by atoms with Gasteiger partial charge in [0.1, 0.15) is 11.5 Å². The van der Waals surface area contributed by atoms with Gasteiger partial charge in [-0.05, 0) is 46.2 Å². The molecule has 156 valence electrons. The van der Waals surface area contributed by atoms with Crippen LogP contribution in [0.15, 0.2) is 36.4 Å². The van der Waals surface area contributed by atoms with Crippen LogP contribution in [0.25, 0.3) is 0 Å². The van der Waals surface area contributed by atoms with E-state index in [-0.39, 0.29) is 34.8 Å². The standard InChI is InChI=1S/C24H32N2O3/c1-23(2,3)16-7-9-20(27)18(13-16)25-11-12-26(22(29)15-25)19-14-17(24(4,5)6)8-10-21(19)28/h7-10,13-14,27-28H,11-12,15H2,1-6H3. The van der Waals surface area contributed by atoms with Gasteiger partial charge in [0.2, 0.25) is 5.91 Å². The van der Waals surface area contributed by atoms with Gasteiger partial charge in [0.15, 0.2) is 0 Å². The van der Waals surface area contributed by atoms with Crippen LogP contribution in [-0.4, -0.2) is 35.8 Å². The molecule has 1 aliphatic rings. The Morgan fingerprint density at radius 1 is 0.759 bits per heavy atom. The Bertz CT molecular complexity index is 923. The number of aromatic hydroxyl groups is 2. The van der Waals surface area contributed by atoms with Gasteiger partial charge in [0.25, 0.3) is 0 Å². The van der Waals surface area contributed by atoms with E-state index in [0.717, 1.165) is 11.1 Å². The van der Waals surface area contributed by atoms with Gasteiger partial charge in [-0.2, -0.15) is 0 Å². The van der Waals surface area contributed by atoms with Gasteiger partial charge in [-0.1, -0.05) is 53.7 Å². The summed E-state index contributed by atoms with van der Waals surface area (Å²) in [4.78, 5) is 16.5. The highest BCUT2D eigenvalue weighted by Crippen LogP contribution is 2.37. The molecule has 0 bridgehead atoms. The predicted molar refractivity (Wildman–Crippen MR) is 118 cm³/mol. The maximum Gasteiger partial charge on any atom is 0.246 e. The number of amides is 1. The van der Waals surface area contributed by atoms with Crippen molar-refractivity contribution >= 4 is 17.3 Å². The van der Waals surface area contributed by atoms with Gasteiger partial charge in [0.05, 0.1) is 17.9 Å². The van der Waals surface area contributed by atoms with E-state index in [1.165, 1.54) is 0 Å². The highest BCUT2D eigenvalue weighted by atomic mass is 16.3. The van der Waals surface area contributed by atoms with Gasteiger partial charge in [-0.3, -0.25) is 4.79 Å². The van der Waals surface area contributed by atoms with Crippen molar-refractivity contribution in [3.63, 3.8) is 0 Å². The average molecular weight is 397 g/mol. The number of hydrogen-bond donors (Lipinski definition) is 2. The van der Waals surface area contributed by atoms with E-state index in [1.54, 1.807) is 17.0 Å². The lowest BCUT2D eigenvalue weighted by atomic mass is 9.86. The largest absolute Gasteiger partial charge is 0.506 e. The molecule has 5 nitrogen and oxygen atoms in total. The third kappa shape index (κ3) is 4.34. The van der Waals surface area contributed by atoms with E-state index in [2.05, 4.69) is 41.5 Å². The van der Waals surface area contributed by atoms with Crippen LogP contribution in [0.2, 0.25) is 0 Å². The molecule has 29 heavy (non-hydrogen) atoms. The van der Waals surface area contributed by atoms with Crippen molar-refractivity contribution in [1.82, 2.24) is 0 Å². The molecular weight excluding hydrogens is 364 g/mol. The number of carbonyl (C=O) groups excluding carboxylic acids is 1. The fourth-order valence-electron chi connectivity index (χ4n) is 3.58. The van der Waals surface area contributed by atoms with Gasteiger partial charge >= 0.3 is 0 Å². The first-order chi connectivity index (χ1) is 13.4. The van der Waals surface area contributed by atoms with Crippen molar-refractivity contribution in [3.8, 4) is 11.5 Å². The highest BCUT2D eigenvalue weighted by Gasteiger charge is 2.29. The van der Waals surface area contributed by atoms with Gasteiger partial charge in [-0.25, -0.2) is 0 Å². The Kier molecular flexibility index (Phi) is 5.28. The molecule has 2 aromatic rings. The van der Waals surface area contributed by atoms with E-state index < -0.39 is 0 Å². The second kappa shape index (κ2) is 7.29. The van der Waals surface area contributed by atoms with Gasteiger partial charge in [-0.15, -0.1) is 0 Å². The van der Waals surface area contributed by atoms with Crippen molar-refractivity contribution in [2.75, 3.05) is 29.4 Å². The van der Waals surface area contributed by atoms with Crippen LogP contribution in [0.4, 0.5) is 11.4 Å². The van der Waals surface area contributed by atoms with Crippen molar-refractivity contribution in [2.45, 2.75) is 52.4 Å². The fraction of sp³-hybridized carbons (Fsp3) is 0.458. The zero-order chi connectivity index (χ0) is 21.6. The Hall–Kier alpha value is -2.69.